The number of aliphatic imine (C=N–C) groups is 1. The molecule has 7 nitrogen and oxygen atoms in total. The van der Waals surface area contributed by atoms with Crippen molar-refractivity contribution in [2.75, 3.05) is 19.7 Å². The normalized spacial score (nSPS) is 23.2. The molecule has 0 atom stereocenters. The van der Waals surface area contributed by atoms with Gasteiger partial charge in [-0.3, -0.25) is 9.69 Å². The van der Waals surface area contributed by atoms with Gasteiger partial charge in [-0.1, -0.05) is 16.5 Å². The molecule has 2 aliphatic carbocycles. The molecular formula is C25H32F2N4O3S. The molecule has 0 saturated heterocycles. The Kier molecular flexibility index (Phi) is 7.87. The Bertz CT molecular complexity index is 1030. The second-order valence-corrected chi connectivity index (χ2v) is 11.0. The molecule has 0 unspecified atom stereocenters. The average molecular weight is 507 g/mol. The van der Waals surface area contributed by atoms with Crippen molar-refractivity contribution in [3.63, 3.8) is 0 Å². The van der Waals surface area contributed by atoms with Gasteiger partial charge in [0.1, 0.15) is 5.76 Å². The summed E-state index contributed by atoms with van der Waals surface area (Å²) in [5.74, 6) is 2.02. The zero-order valence-electron chi connectivity index (χ0n) is 19.8. The van der Waals surface area contributed by atoms with Crippen molar-refractivity contribution in [3.05, 3.63) is 28.1 Å². The summed E-state index contributed by atoms with van der Waals surface area (Å²) >= 11 is 1.40. The molecule has 1 amide bonds. The molecule has 0 N–H and O–H groups in total. The van der Waals surface area contributed by atoms with E-state index in [-0.39, 0.29) is 12.3 Å². The summed E-state index contributed by atoms with van der Waals surface area (Å²) in [6.07, 6.45) is 8.35. The van der Waals surface area contributed by atoms with Crippen LogP contribution in [0.1, 0.15) is 72.9 Å². The third-order valence-electron chi connectivity index (χ3n) is 7.19. The van der Waals surface area contributed by atoms with E-state index in [1.165, 1.54) is 11.3 Å². The van der Waals surface area contributed by atoms with Crippen molar-refractivity contribution in [3.8, 4) is 5.19 Å². The molecule has 2 aromatic rings. The third-order valence-corrected chi connectivity index (χ3v) is 8.26. The highest BCUT2D eigenvalue weighted by Crippen LogP contribution is 2.39. The topological polar surface area (TPSA) is 80.8 Å². The fourth-order valence-electron chi connectivity index (χ4n) is 4.97. The first-order valence-corrected chi connectivity index (χ1v) is 13.5. The van der Waals surface area contributed by atoms with Gasteiger partial charge in [-0.2, -0.15) is 0 Å². The van der Waals surface area contributed by atoms with Gasteiger partial charge in [-0.25, -0.2) is 18.8 Å². The number of nitrogens with zero attached hydrogens (tertiary/aromatic N) is 4. The smallest absolute Gasteiger partial charge is 0.273 e. The van der Waals surface area contributed by atoms with Crippen LogP contribution < -0.4 is 4.74 Å². The minimum absolute atomic E-state index is 0.167. The quantitative estimate of drug-likeness (QED) is 0.420. The number of thiazole rings is 1. The Labute approximate surface area is 207 Å². The number of hydrogen-bond donors (Lipinski definition) is 0. The molecule has 35 heavy (non-hydrogen) atoms. The molecule has 0 radical (unpaired) electrons. The number of alkyl halides is 2. The maximum atomic E-state index is 12.4. The van der Waals surface area contributed by atoms with Gasteiger partial charge in [0.2, 0.25) is 0 Å². The summed E-state index contributed by atoms with van der Waals surface area (Å²) < 4.78 is 35.1. The Morgan fingerprint density at radius 1 is 1.29 bits per heavy atom. The second kappa shape index (κ2) is 11.2. The van der Waals surface area contributed by atoms with Crippen molar-refractivity contribution in [1.29, 1.82) is 0 Å². The fraction of sp³-hybridized carbons (Fsp3) is 0.680. The number of carbonyl (C=O) groups is 1. The summed E-state index contributed by atoms with van der Waals surface area (Å²) in [7, 11) is 0. The van der Waals surface area contributed by atoms with Gasteiger partial charge in [0.15, 0.2) is 6.61 Å². The summed E-state index contributed by atoms with van der Waals surface area (Å²) in [4.78, 5) is 24.4. The maximum Gasteiger partial charge on any atom is 0.273 e. The minimum atomic E-state index is -2.48. The van der Waals surface area contributed by atoms with E-state index in [0.717, 1.165) is 87.3 Å². The number of ether oxygens (including phenoxy) is 1. The lowest BCUT2D eigenvalue weighted by Crippen LogP contribution is -2.32. The second-order valence-electron chi connectivity index (χ2n) is 9.99. The lowest BCUT2D eigenvalue weighted by molar-refractivity contribution is -0.117. The minimum Gasteiger partial charge on any atom is -0.464 e. The van der Waals surface area contributed by atoms with Crippen molar-refractivity contribution in [1.82, 2.24) is 15.0 Å². The first-order chi connectivity index (χ1) is 17.0. The van der Waals surface area contributed by atoms with Crippen molar-refractivity contribution >= 4 is 23.5 Å². The molecule has 190 valence electrons. The van der Waals surface area contributed by atoms with E-state index in [2.05, 4.69) is 20.0 Å². The highest BCUT2D eigenvalue weighted by Gasteiger charge is 2.28. The van der Waals surface area contributed by atoms with Crippen LogP contribution in [0.3, 0.4) is 0 Å². The van der Waals surface area contributed by atoms with Crippen LogP contribution in [0, 0.1) is 11.8 Å². The van der Waals surface area contributed by atoms with E-state index in [1.807, 2.05) is 12.3 Å². The van der Waals surface area contributed by atoms with E-state index in [9.17, 15) is 13.6 Å². The molecule has 0 bridgehead atoms. The molecule has 10 heteroatoms. The predicted molar refractivity (Wildman–Crippen MR) is 128 cm³/mol. The first-order valence-electron chi connectivity index (χ1n) is 12.7. The summed E-state index contributed by atoms with van der Waals surface area (Å²) in [5.41, 5.74) is 1.94. The van der Waals surface area contributed by atoms with Crippen LogP contribution in [0.4, 0.5) is 8.78 Å². The summed E-state index contributed by atoms with van der Waals surface area (Å²) in [6, 6.07) is 1.90. The van der Waals surface area contributed by atoms with Crippen LogP contribution in [-0.4, -0.2) is 53.3 Å². The number of amides is 1. The highest BCUT2D eigenvalue weighted by atomic mass is 32.1. The van der Waals surface area contributed by atoms with E-state index in [1.54, 1.807) is 0 Å². The van der Waals surface area contributed by atoms with Crippen LogP contribution >= 0.6 is 11.3 Å². The number of hydrogen-bond acceptors (Lipinski definition) is 7. The van der Waals surface area contributed by atoms with Crippen LogP contribution in [0.15, 0.2) is 15.6 Å². The lowest BCUT2D eigenvalue weighted by Gasteiger charge is -2.30. The van der Waals surface area contributed by atoms with E-state index in [4.69, 9.17) is 9.26 Å². The molecule has 0 aromatic carbocycles. The first kappa shape index (κ1) is 24.5. The number of fused-ring (bicyclic) bond motifs is 1. The molecule has 2 aromatic heterocycles. The van der Waals surface area contributed by atoms with Gasteiger partial charge in [0, 0.05) is 36.2 Å². The maximum absolute atomic E-state index is 12.4. The molecule has 3 heterocycles. The zero-order chi connectivity index (χ0) is 24.2. The Morgan fingerprint density at radius 3 is 2.89 bits per heavy atom. The van der Waals surface area contributed by atoms with Crippen molar-refractivity contribution in [2.24, 2.45) is 16.8 Å². The Morgan fingerprint density at radius 2 is 2.11 bits per heavy atom. The third kappa shape index (κ3) is 6.94. The lowest BCUT2D eigenvalue weighted by atomic mass is 9.81. The van der Waals surface area contributed by atoms with Crippen molar-refractivity contribution in [2.45, 2.75) is 76.7 Å². The molecule has 3 aliphatic rings. The number of carbonyl (C=O) groups excluding carboxylic acids is 1. The molecule has 2 fully saturated rings. The fourth-order valence-corrected chi connectivity index (χ4v) is 5.89. The van der Waals surface area contributed by atoms with Gasteiger partial charge in [-0.05, 0) is 69.7 Å². The molecule has 2 saturated carbocycles. The van der Waals surface area contributed by atoms with Crippen LogP contribution in [0.25, 0.3) is 0 Å². The zero-order valence-corrected chi connectivity index (χ0v) is 20.7. The molecular weight excluding hydrogens is 474 g/mol. The highest BCUT2D eigenvalue weighted by molar-refractivity contribution is 7.13. The molecule has 0 spiro atoms. The van der Waals surface area contributed by atoms with Gasteiger partial charge in [0.25, 0.3) is 17.5 Å². The van der Waals surface area contributed by atoms with E-state index < -0.39 is 13.0 Å². The van der Waals surface area contributed by atoms with Gasteiger partial charge < -0.3 is 9.26 Å². The Hall–Kier alpha value is -2.20. The monoisotopic (exact) mass is 506 g/mol. The standard InChI is InChI=1S/C25H32F2N4O3S/c26-23(27)15-33-25-29-21-14-31(10-8-22(21)35-25)9-7-16-1-3-17(4-2-16)13-28-24(32)12-19-11-20(30-34-19)18-5-6-18/h11,13,16-18,23H,1-10,12,14-15H2. The van der Waals surface area contributed by atoms with Crippen LogP contribution in [0.5, 0.6) is 5.19 Å². The van der Waals surface area contributed by atoms with Gasteiger partial charge in [0.05, 0.1) is 17.8 Å². The number of rotatable bonds is 10. The van der Waals surface area contributed by atoms with Gasteiger partial charge in [-0.15, -0.1) is 0 Å². The van der Waals surface area contributed by atoms with E-state index in [0.29, 0.717) is 28.7 Å². The summed E-state index contributed by atoms with van der Waals surface area (Å²) in [6.45, 7) is 2.16. The predicted octanol–water partition coefficient (Wildman–Crippen LogP) is 5.05. The van der Waals surface area contributed by atoms with Crippen LogP contribution in [0.2, 0.25) is 0 Å². The van der Waals surface area contributed by atoms with E-state index >= 15 is 0 Å². The molecule has 1 aliphatic heterocycles. The number of halogens is 2. The SMILES string of the molecule is O=C(Cc1cc(C2CC2)no1)N=CC1CCC(CCN2CCc3sc(OCC(F)F)nc3C2)CC1. The largest absolute Gasteiger partial charge is 0.464 e. The number of aromatic nitrogens is 2. The van der Waals surface area contributed by atoms with Gasteiger partial charge >= 0.3 is 0 Å². The van der Waals surface area contributed by atoms with Crippen molar-refractivity contribution < 1.29 is 22.8 Å². The Balaban J connectivity index is 0.995. The molecule has 5 rings (SSSR count). The van der Waals surface area contributed by atoms with Crippen LogP contribution in [-0.2, 0) is 24.2 Å². The average Bonchev–Trinajstić information content (AvgIpc) is 3.46. The summed E-state index contributed by atoms with van der Waals surface area (Å²) in [5, 5.41) is 4.41.